The molecule has 2 amide bonds. The number of hydrogen-bond donors (Lipinski definition) is 1. The third-order valence-electron chi connectivity index (χ3n) is 5.52. The number of aryl methyl sites for hydroxylation is 1. The van der Waals surface area contributed by atoms with Crippen molar-refractivity contribution in [3.8, 4) is 0 Å². The van der Waals surface area contributed by atoms with Gasteiger partial charge < -0.3 is 10.2 Å². The first-order chi connectivity index (χ1) is 15.8. The molecule has 0 fully saturated rings. The average Bonchev–Trinajstić information content (AvgIpc) is 2.74. The van der Waals surface area contributed by atoms with Crippen LogP contribution in [-0.2, 0) is 26.2 Å². The first kappa shape index (κ1) is 28.0. The SMILES string of the molecule is CC[C@@H](C)NC(=O)[C@@H](C)N(Cc1cccc(Cl)c1)C(=O)CN(c1ccc(Cl)cc1C)S(C)(=O)=O. The lowest BCUT2D eigenvalue weighted by Crippen LogP contribution is -2.52. The molecule has 0 spiro atoms. The quantitative estimate of drug-likeness (QED) is 0.495. The van der Waals surface area contributed by atoms with Crippen LogP contribution in [0.1, 0.15) is 38.3 Å². The van der Waals surface area contributed by atoms with Crippen LogP contribution in [0.25, 0.3) is 0 Å². The second-order valence-electron chi connectivity index (χ2n) is 8.35. The topological polar surface area (TPSA) is 86.8 Å². The fourth-order valence-electron chi connectivity index (χ4n) is 3.37. The molecule has 2 rings (SSSR count). The minimum atomic E-state index is -3.81. The van der Waals surface area contributed by atoms with Gasteiger partial charge in [-0.25, -0.2) is 8.42 Å². The Bertz CT molecular complexity index is 1140. The van der Waals surface area contributed by atoms with Gasteiger partial charge in [-0.3, -0.25) is 13.9 Å². The molecule has 0 aliphatic carbocycles. The predicted molar refractivity (Wildman–Crippen MR) is 138 cm³/mol. The summed E-state index contributed by atoms with van der Waals surface area (Å²) >= 11 is 12.1. The monoisotopic (exact) mass is 527 g/mol. The number of anilines is 1. The number of halogens is 2. The number of benzene rings is 2. The summed E-state index contributed by atoms with van der Waals surface area (Å²) in [5.74, 6) is -0.843. The number of hydrogen-bond acceptors (Lipinski definition) is 4. The second-order valence-corrected chi connectivity index (χ2v) is 11.1. The van der Waals surface area contributed by atoms with Crippen LogP contribution in [0.2, 0.25) is 10.0 Å². The van der Waals surface area contributed by atoms with Crippen LogP contribution in [0.5, 0.6) is 0 Å². The number of carbonyl (C=O) groups excluding carboxylic acids is 2. The van der Waals surface area contributed by atoms with E-state index in [0.717, 1.165) is 22.5 Å². The van der Waals surface area contributed by atoms with Gasteiger partial charge in [0.05, 0.1) is 11.9 Å². The zero-order valence-corrected chi connectivity index (χ0v) is 22.3. The Morgan fingerprint density at radius 3 is 2.26 bits per heavy atom. The Morgan fingerprint density at radius 2 is 1.71 bits per heavy atom. The normalized spacial score (nSPS) is 13.1. The molecule has 0 unspecified atom stereocenters. The minimum absolute atomic E-state index is 0.0673. The molecule has 0 aromatic heterocycles. The molecule has 0 aliphatic rings. The number of nitrogens with zero attached hydrogens (tertiary/aromatic N) is 2. The molecular weight excluding hydrogens is 497 g/mol. The maximum Gasteiger partial charge on any atom is 0.244 e. The molecule has 0 aliphatic heterocycles. The van der Waals surface area contributed by atoms with Crippen LogP contribution >= 0.6 is 23.2 Å². The maximum absolute atomic E-state index is 13.5. The van der Waals surface area contributed by atoms with E-state index in [1.54, 1.807) is 56.3 Å². The predicted octanol–water partition coefficient (Wildman–Crippen LogP) is 4.40. The van der Waals surface area contributed by atoms with E-state index >= 15 is 0 Å². The Labute approximate surface area is 212 Å². The van der Waals surface area contributed by atoms with E-state index in [4.69, 9.17) is 23.2 Å². The summed E-state index contributed by atoms with van der Waals surface area (Å²) in [4.78, 5) is 27.8. The van der Waals surface area contributed by atoms with Crippen molar-refractivity contribution >= 4 is 50.7 Å². The fraction of sp³-hybridized carbons (Fsp3) is 0.417. The third-order valence-corrected chi connectivity index (χ3v) is 7.11. The van der Waals surface area contributed by atoms with Crippen molar-refractivity contribution in [3.63, 3.8) is 0 Å². The second kappa shape index (κ2) is 11.9. The van der Waals surface area contributed by atoms with E-state index in [2.05, 4.69) is 5.32 Å². The largest absolute Gasteiger partial charge is 0.352 e. The highest BCUT2D eigenvalue weighted by Gasteiger charge is 2.31. The summed E-state index contributed by atoms with van der Waals surface area (Å²) in [5.41, 5.74) is 1.67. The van der Waals surface area contributed by atoms with Crippen LogP contribution < -0.4 is 9.62 Å². The summed E-state index contributed by atoms with van der Waals surface area (Å²) in [6.07, 6.45) is 1.77. The standard InChI is InChI=1S/C24H31Cl2N3O4S/c1-6-17(3)27-24(31)18(4)28(14-19-8-7-9-20(25)13-19)23(30)15-29(34(5,32)33)22-11-10-21(26)12-16(22)2/h7-13,17-18H,6,14-15H2,1-5H3,(H,27,31)/t17-,18-/m1/s1. The molecule has 7 nitrogen and oxygen atoms in total. The average molecular weight is 529 g/mol. The molecule has 186 valence electrons. The molecule has 0 saturated heterocycles. The molecular formula is C24H31Cl2N3O4S. The van der Waals surface area contributed by atoms with E-state index in [0.29, 0.717) is 21.3 Å². The first-order valence-electron chi connectivity index (χ1n) is 10.9. The Hall–Kier alpha value is -2.29. The molecule has 1 N–H and O–H groups in total. The van der Waals surface area contributed by atoms with Gasteiger partial charge in [0, 0.05) is 22.6 Å². The van der Waals surface area contributed by atoms with Gasteiger partial charge in [0.2, 0.25) is 21.8 Å². The fourth-order valence-corrected chi connectivity index (χ4v) is 4.72. The van der Waals surface area contributed by atoms with Crippen molar-refractivity contribution in [1.82, 2.24) is 10.2 Å². The Kier molecular flexibility index (Phi) is 9.79. The molecule has 0 radical (unpaired) electrons. The Balaban J connectivity index is 2.42. The van der Waals surface area contributed by atoms with Crippen molar-refractivity contribution in [1.29, 1.82) is 0 Å². The van der Waals surface area contributed by atoms with Crippen molar-refractivity contribution < 1.29 is 18.0 Å². The molecule has 0 heterocycles. The van der Waals surface area contributed by atoms with Crippen molar-refractivity contribution in [2.45, 2.75) is 52.7 Å². The lowest BCUT2D eigenvalue weighted by molar-refractivity contribution is -0.139. The van der Waals surface area contributed by atoms with Crippen molar-refractivity contribution in [3.05, 3.63) is 63.6 Å². The van der Waals surface area contributed by atoms with Gasteiger partial charge in [0.15, 0.2) is 0 Å². The molecule has 34 heavy (non-hydrogen) atoms. The number of amides is 2. The number of nitrogens with one attached hydrogen (secondary N) is 1. The lowest BCUT2D eigenvalue weighted by atomic mass is 10.1. The van der Waals surface area contributed by atoms with Crippen LogP contribution in [0.4, 0.5) is 5.69 Å². The van der Waals surface area contributed by atoms with Crippen LogP contribution in [0.3, 0.4) is 0 Å². The summed E-state index contributed by atoms with van der Waals surface area (Å²) in [7, 11) is -3.81. The molecule has 0 saturated carbocycles. The lowest BCUT2D eigenvalue weighted by Gasteiger charge is -2.32. The van der Waals surface area contributed by atoms with Gasteiger partial charge in [-0.2, -0.15) is 0 Å². The van der Waals surface area contributed by atoms with E-state index in [1.165, 1.54) is 4.90 Å². The van der Waals surface area contributed by atoms with Gasteiger partial charge in [-0.1, -0.05) is 42.3 Å². The van der Waals surface area contributed by atoms with Gasteiger partial charge in [0.25, 0.3) is 0 Å². The highest BCUT2D eigenvalue weighted by atomic mass is 35.5. The summed E-state index contributed by atoms with van der Waals surface area (Å²) in [5, 5.41) is 3.84. The smallest absolute Gasteiger partial charge is 0.244 e. The number of rotatable bonds is 10. The van der Waals surface area contributed by atoms with Crippen LogP contribution in [0, 0.1) is 6.92 Å². The van der Waals surface area contributed by atoms with Gasteiger partial charge in [-0.15, -0.1) is 0 Å². The summed E-state index contributed by atoms with van der Waals surface area (Å²) in [6.45, 7) is 6.79. The minimum Gasteiger partial charge on any atom is -0.352 e. The highest BCUT2D eigenvalue weighted by molar-refractivity contribution is 7.92. The third kappa shape index (κ3) is 7.61. The van der Waals surface area contributed by atoms with E-state index in [-0.39, 0.29) is 18.5 Å². The van der Waals surface area contributed by atoms with Gasteiger partial charge in [0.1, 0.15) is 12.6 Å². The van der Waals surface area contributed by atoms with Gasteiger partial charge in [-0.05, 0) is 68.7 Å². The molecule has 2 atom stereocenters. The van der Waals surface area contributed by atoms with E-state index < -0.39 is 28.5 Å². The maximum atomic E-state index is 13.5. The number of carbonyl (C=O) groups is 2. The molecule has 2 aromatic carbocycles. The number of sulfonamides is 1. The Morgan fingerprint density at radius 1 is 1.06 bits per heavy atom. The summed E-state index contributed by atoms with van der Waals surface area (Å²) < 4.78 is 26.3. The first-order valence-corrected chi connectivity index (χ1v) is 13.5. The van der Waals surface area contributed by atoms with Crippen molar-refractivity contribution in [2.75, 3.05) is 17.1 Å². The van der Waals surface area contributed by atoms with E-state index in [1.807, 2.05) is 13.8 Å². The zero-order chi connectivity index (χ0) is 25.6. The van der Waals surface area contributed by atoms with E-state index in [9.17, 15) is 18.0 Å². The molecule has 10 heteroatoms. The van der Waals surface area contributed by atoms with Crippen LogP contribution in [-0.4, -0.2) is 50.0 Å². The zero-order valence-electron chi connectivity index (χ0n) is 20.0. The molecule has 0 bridgehead atoms. The van der Waals surface area contributed by atoms with Crippen molar-refractivity contribution in [2.24, 2.45) is 0 Å². The van der Waals surface area contributed by atoms with Gasteiger partial charge >= 0.3 is 0 Å². The van der Waals surface area contributed by atoms with Crippen LogP contribution in [0.15, 0.2) is 42.5 Å². The highest BCUT2D eigenvalue weighted by Crippen LogP contribution is 2.26. The molecule has 2 aromatic rings. The summed E-state index contributed by atoms with van der Waals surface area (Å²) in [6, 6.07) is 10.8.